The van der Waals surface area contributed by atoms with Crippen molar-refractivity contribution in [2.24, 2.45) is 0 Å². The second-order valence-electron chi connectivity index (χ2n) is 7.76. The number of carbonyl (C=O) groups excluding carboxylic acids is 2. The smallest absolute Gasteiger partial charge is 0.268 e. The normalized spacial score (nSPS) is 22.3. The lowest BCUT2D eigenvalue weighted by molar-refractivity contribution is -0.122. The van der Waals surface area contributed by atoms with Gasteiger partial charge in [-0.2, -0.15) is 0 Å². The Hall–Kier alpha value is -2.41. The molecule has 0 aliphatic carbocycles. The zero-order valence-corrected chi connectivity index (χ0v) is 16.7. The van der Waals surface area contributed by atoms with Crippen LogP contribution in [-0.4, -0.2) is 47.4 Å². The van der Waals surface area contributed by atoms with Crippen LogP contribution in [0, 0.1) is 0 Å². The summed E-state index contributed by atoms with van der Waals surface area (Å²) in [5.74, 6) is 0.532. The number of hydrogen-bond acceptors (Lipinski definition) is 5. The number of anilines is 2. The highest BCUT2D eigenvalue weighted by molar-refractivity contribution is 7.18. The minimum absolute atomic E-state index is 0.00365. The molecule has 0 saturated carbocycles. The highest BCUT2D eigenvalue weighted by Gasteiger charge is 2.44. The Balaban J connectivity index is 1.57. The van der Waals surface area contributed by atoms with Crippen molar-refractivity contribution < 1.29 is 9.59 Å². The number of amides is 2. The van der Waals surface area contributed by atoms with E-state index in [-0.39, 0.29) is 17.9 Å². The Labute approximate surface area is 168 Å². The number of rotatable bonds is 3. The van der Waals surface area contributed by atoms with Crippen LogP contribution in [0.3, 0.4) is 0 Å². The third-order valence-electron chi connectivity index (χ3n) is 5.92. The van der Waals surface area contributed by atoms with Crippen LogP contribution in [0.5, 0.6) is 0 Å². The van der Waals surface area contributed by atoms with E-state index in [1.807, 2.05) is 30.3 Å². The summed E-state index contributed by atoms with van der Waals surface area (Å²) in [6, 6.07) is 9.61. The van der Waals surface area contributed by atoms with E-state index in [2.05, 4.69) is 4.90 Å². The number of piperidine rings is 1. The van der Waals surface area contributed by atoms with E-state index in [1.165, 1.54) is 17.8 Å². The van der Waals surface area contributed by atoms with Crippen LogP contribution < -0.4 is 9.80 Å². The molecule has 7 heteroatoms. The molecular formula is C21H24N4O2S. The number of carbonyl (C=O) groups is 2. The fourth-order valence-corrected chi connectivity index (χ4v) is 5.52. The molecule has 1 aromatic carbocycles. The van der Waals surface area contributed by atoms with E-state index in [9.17, 15) is 9.59 Å². The van der Waals surface area contributed by atoms with Crippen molar-refractivity contribution in [1.29, 1.82) is 0 Å². The lowest BCUT2D eigenvalue weighted by Gasteiger charge is -2.27. The van der Waals surface area contributed by atoms with Crippen LogP contribution in [0.4, 0.5) is 10.9 Å². The molecule has 0 N–H and O–H groups in total. The Morgan fingerprint density at radius 2 is 1.79 bits per heavy atom. The zero-order valence-electron chi connectivity index (χ0n) is 15.8. The van der Waals surface area contributed by atoms with Crippen LogP contribution in [0.1, 0.15) is 47.3 Å². The van der Waals surface area contributed by atoms with Gasteiger partial charge in [0.1, 0.15) is 10.9 Å². The fourth-order valence-electron chi connectivity index (χ4n) is 4.44. The molecule has 2 amide bonds. The predicted molar refractivity (Wildman–Crippen MR) is 110 cm³/mol. The highest BCUT2D eigenvalue weighted by Crippen LogP contribution is 2.39. The maximum atomic E-state index is 13.4. The predicted octanol–water partition coefficient (Wildman–Crippen LogP) is 3.28. The van der Waals surface area contributed by atoms with Crippen LogP contribution in [-0.2, 0) is 11.3 Å². The molecule has 2 saturated heterocycles. The Morgan fingerprint density at radius 3 is 2.57 bits per heavy atom. The molecule has 0 radical (unpaired) electrons. The first-order valence-electron chi connectivity index (χ1n) is 10.1. The van der Waals surface area contributed by atoms with Crippen LogP contribution in [0.25, 0.3) is 0 Å². The lowest BCUT2D eigenvalue weighted by Crippen LogP contribution is -2.44. The zero-order chi connectivity index (χ0) is 19.1. The summed E-state index contributed by atoms with van der Waals surface area (Å²) >= 11 is 1.46. The van der Waals surface area contributed by atoms with E-state index in [0.29, 0.717) is 23.8 Å². The van der Waals surface area contributed by atoms with Gasteiger partial charge < -0.3 is 9.80 Å². The van der Waals surface area contributed by atoms with E-state index >= 15 is 0 Å². The summed E-state index contributed by atoms with van der Waals surface area (Å²) < 4.78 is 0. The molecule has 1 atom stereocenters. The Kier molecular flexibility index (Phi) is 4.55. The molecule has 2 fully saturated rings. The second kappa shape index (κ2) is 7.20. The average molecular weight is 397 g/mol. The van der Waals surface area contributed by atoms with Crippen LogP contribution in [0.2, 0.25) is 0 Å². The van der Waals surface area contributed by atoms with Gasteiger partial charge in [0.2, 0.25) is 0 Å². The molecule has 28 heavy (non-hydrogen) atoms. The maximum absolute atomic E-state index is 13.4. The summed E-state index contributed by atoms with van der Waals surface area (Å²) in [5, 5.41) is 0.876. The number of benzene rings is 1. The largest absolute Gasteiger partial charge is 0.348 e. The summed E-state index contributed by atoms with van der Waals surface area (Å²) in [7, 11) is 0. The van der Waals surface area contributed by atoms with Gasteiger partial charge >= 0.3 is 0 Å². The minimum Gasteiger partial charge on any atom is -0.348 e. The molecule has 3 aliphatic heterocycles. The molecule has 1 aromatic heterocycles. The quantitative estimate of drug-likeness (QED) is 0.799. The summed E-state index contributed by atoms with van der Waals surface area (Å²) in [5.41, 5.74) is 1.05. The topological polar surface area (TPSA) is 56.8 Å². The molecule has 1 unspecified atom stereocenters. The van der Waals surface area contributed by atoms with Crippen molar-refractivity contribution in [3.63, 3.8) is 0 Å². The Bertz CT molecular complexity index is 891. The molecule has 146 valence electrons. The number of aromatic nitrogens is 1. The first kappa shape index (κ1) is 17.7. The third-order valence-corrected chi connectivity index (χ3v) is 7.02. The first-order chi connectivity index (χ1) is 13.7. The van der Waals surface area contributed by atoms with Crippen LogP contribution >= 0.6 is 11.3 Å². The van der Waals surface area contributed by atoms with Crippen molar-refractivity contribution >= 4 is 34.1 Å². The molecule has 4 heterocycles. The SMILES string of the molecule is O=C1C2CCCN2C(=O)c2sc(N3CCCCC3)nc2N1Cc1ccccc1. The van der Waals surface area contributed by atoms with Gasteiger partial charge in [0, 0.05) is 19.6 Å². The minimum atomic E-state index is -0.351. The van der Waals surface area contributed by atoms with Gasteiger partial charge in [0.15, 0.2) is 10.9 Å². The molecule has 5 rings (SSSR count). The molecule has 0 bridgehead atoms. The van der Waals surface area contributed by atoms with Gasteiger partial charge in [-0.15, -0.1) is 0 Å². The Morgan fingerprint density at radius 1 is 1.00 bits per heavy atom. The first-order valence-corrected chi connectivity index (χ1v) is 11.0. The summed E-state index contributed by atoms with van der Waals surface area (Å²) in [6.07, 6.45) is 5.17. The molecule has 0 spiro atoms. The average Bonchev–Trinajstić information content (AvgIpc) is 3.39. The monoisotopic (exact) mass is 396 g/mol. The summed E-state index contributed by atoms with van der Waals surface area (Å²) in [6.45, 7) is 3.05. The third kappa shape index (κ3) is 2.98. The van der Waals surface area contributed by atoms with Gasteiger partial charge in [-0.1, -0.05) is 41.7 Å². The van der Waals surface area contributed by atoms with Crippen LogP contribution in [0.15, 0.2) is 30.3 Å². The van der Waals surface area contributed by atoms with Crippen molar-refractivity contribution in [3.8, 4) is 0 Å². The molecular weight excluding hydrogens is 372 g/mol. The number of thiazole rings is 1. The summed E-state index contributed by atoms with van der Waals surface area (Å²) in [4.78, 5) is 37.9. The van der Waals surface area contributed by atoms with E-state index in [4.69, 9.17) is 4.98 Å². The maximum Gasteiger partial charge on any atom is 0.268 e. The van der Waals surface area contributed by atoms with Crippen molar-refractivity contribution in [2.45, 2.75) is 44.7 Å². The van der Waals surface area contributed by atoms with Gasteiger partial charge in [0.05, 0.1) is 6.54 Å². The highest BCUT2D eigenvalue weighted by atomic mass is 32.1. The van der Waals surface area contributed by atoms with Gasteiger partial charge in [0.25, 0.3) is 11.8 Å². The van der Waals surface area contributed by atoms with Gasteiger partial charge in [-0.25, -0.2) is 4.98 Å². The van der Waals surface area contributed by atoms with Gasteiger partial charge in [-0.3, -0.25) is 14.5 Å². The molecule has 3 aliphatic rings. The second-order valence-corrected chi connectivity index (χ2v) is 8.74. The number of hydrogen-bond donors (Lipinski definition) is 0. The van der Waals surface area contributed by atoms with Crippen molar-refractivity contribution in [2.75, 3.05) is 29.4 Å². The van der Waals surface area contributed by atoms with Gasteiger partial charge in [-0.05, 0) is 37.7 Å². The number of nitrogens with zero attached hydrogens (tertiary/aromatic N) is 4. The standard InChI is InChI=1S/C21H24N4O2S/c26-19-16-10-7-13-24(16)20(27)17-18(25(19)14-15-8-3-1-4-9-15)22-21(28-17)23-11-5-2-6-12-23/h1,3-4,8-9,16H,2,5-7,10-14H2. The van der Waals surface area contributed by atoms with Crippen molar-refractivity contribution in [3.05, 3.63) is 40.8 Å². The fraction of sp³-hybridized carbons (Fsp3) is 0.476. The van der Waals surface area contributed by atoms with E-state index < -0.39 is 0 Å². The van der Waals surface area contributed by atoms with E-state index in [0.717, 1.165) is 49.5 Å². The molecule has 6 nitrogen and oxygen atoms in total. The van der Waals surface area contributed by atoms with E-state index in [1.54, 1.807) is 9.80 Å². The molecule has 2 aromatic rings. The van der Waals surface area contributed by atoms with Crippen molar-refractivity contribution in [1.82, 2.24) is 9.88 Å². The lowest BCUT2D eigenvalue weighted by atomic mass is 10.1. The number of fused-ring (bicyclic) bond motifs is 2.